The van der Waals surface area contributed by atoms with Crippen LogP contribution in [-0.4, -0.2) is 113 Å². The van der Waals surface area contributed by atoms with Gasteiger partial charge in [-0.3, -0.25) is 33.9 Å². The second-order valence-corrected chi connectivity index (χ2v) is 19.1. The molecule has 0 saturated carbocycles. The number of rotatable bonds is 23. The minimum absolute atomic E-state index is 0.00330. The monoisotopic (exact) mass is 1030 g/mol. The molecular formula is C54H62N14O8. The highest BCUT2D eigenvalue weighted by Crippen LogP contribution is 2.30. The average molecular weight is 1040 g/mol. The molecule has 1 unspecified atom stereocenters. The number of nitrogens with zero attached hydrogens (tertiary/aromatic N) is 7. The van der Waals surface area contributed by atoms with Crippen molar-refractivity contribution in [3.63, 3.8) is 0 Å². The Morgan fingerprint density at radius 1 is 0.855 bits per heavy atom. The van der Waals surface area contributed by atoms with E-state index in [1.807, 2.05) is 55.6 Å². The number of carbonyl (C=O) groups is 7. The van der Waals surface area contributed by atoms with Crippen LogP contribution < -0.4 is 32.3 Å². The molecule has 76 heavy (non-hydrogen) atoms. The fourth-order valence-corrected chi connectivity index (χ4v) is 8.91. The molecule has 2 atom stereocenters. The van der Waals surface area contributed by atoms with Gasteiger partial charge in [0.2, 0.25) is 17.7 Å². The molecule has 0 fully saturated rings. The number of aromatic amines is 1. The molecule has 0 radical (unpaired) electrons. The van der Waals surface area contributed by atoms with Gasteiger partial charge in [0.1, 0.15) is 36.5 Å². The zero-order valence-corrected chi connectivity index (χ0v) is 42.6. The van der Waals surface area contributed by atoms with Crippen molar-refractivity contribution in [2.45, 2.75) is 97.5 Å². The normalized spacial score (nSPS) is 13.8. The Bertz CT molecular complexity index is 3110. The zero-order chi connectivity index (χ0) is 53.7. The number of imidazole rings is 1. The Kier molecular flexibility index (Phi) is 17.4. The average Bonchev–Trinajstić information content (AvgIpc) is 4.15. The maximum atomic E-state index is 13.7. The first-order valence-corrected chi connectivity index (χ1v) is 25.3. The Balaban J connectivity index is 0.804. The summed E-state index contributed by atoms with van der Waals surface area (Å²) < 4.78 is 7.44. The molecule has 2 aliphatic rings. The number of ether oxygens (including phenoxy) is 1. The summed E-state index contributed by atoms with van der Waals surface area (Å²) in [6, 6.07) is 19.9. The summed E-state index contributed by atoms with van der Waals surface area (Å²) in [5.41, 5.74) is 14.2. The largest absolute Gasteiger partial charge is 0.445 e. The van der Waals surface area contributed by atoms with Crippen LogP contribution in [0.25, 0.3) is 28.3 Å². The molecule has 2 aromatic carbocycles. The molecule has 22 heteroatoms. The number of nitrogens with two attached hydrogens (primary N) is 1. The molecule has 0 saturated heterocycles. The number of pyridine rings is 2. The summed E-state index contributed by atoms with van der Waals surface area (Å²) in [5, 5.41) is 18.7. The fraction of sp³-hybridized carbons (Fsp3) is 0.352. The van der Waals surface area contributed by atoms with Crippen molar-refractivity contribution in [3.05, 3.63) is 126 Å². The van der Waals surface area contributed by atoms with Gasteiger partial charge in [0.25, 0.3) is 11.8 Å². The number of fused-ring (bicyclic) bond motifs is 2. The van der Waals surface area contributed by atoms with E-state index >= 15 is 0 Å². The van der Waals surface area contributed by atoms with Crippen LogP contribution >= 0.6 is 0 Å². The van der Waals surface area contributed by atoms with E-state index < -0.39 is 36.0 Å². The molecule has 6 heterocycles. The van der Waals surface area contributed by atoms with Crippen molar-refractivity contribution in [1.82, 2.24) is 55.3 Å². The van der Waals surface area contributed by atoms with Gasteiger partial charge >= 0.3 is 12.1 Å². The van der Waals surface area contributed by atoms with Crippen LogP contribution in [0, 0.1) is 12.8 Å². The molecule has 8 N–H and O–H groups in total. The zero-order valence-electron chi connectivity index (χ0n) is 42.6. The van der Waals surface area contributed by atoms with Gasteiger partial charge in [-0.25, -0.2) is 24.1 Å². The van der Waals surface area contributed by atoms with Crippen molar-refractivity contribution in [3.8, 4) is 22.6 Å². The minimum Gasteiger partial charge on any atom is -0.445 e. The van der Waals surface area contributed by atoms with Crippen molar-refractivity contribution < 1.29 is 38.3 Å². The number of amides is 8. The third kappa shape index (κ3) is 14.0. The minimum atomic E-state index is -1.04. The van der Waals surface area contributed by atoms with E-state index in [4.69, 9.17) is 20.4 Å². The van der Waals surface area contributed by atoms with Gasteiger partial charge in [0.15, 0.2) is 5.65 Å². The maximum Gasteiger partial charge on any atom is 0.410 e. The number of hydrogen-bond donors (Lipinski definition) is 7. The first kappa shape index (κ1) is 53.3. The SMILES string of the molecule is Cc1cccc(-c2nc(CNc3ccc4c(c3)CCN(C(=O)OCc3ccc(NC(=O)[C@H](CCCNC(N)=O)NC(=O)C(NC(=O)CCCCCN5C(=O)C=CC5=O)C(C)C)cc3)C4)[nH]c2-c2ccc3ncnn3c2)n1. The number of anilines is 2. The Morgan fingerprint density at radius 3 is 2.41 bits per heavy atom. The number of nitrogens with one attached hydrogen (secondary N) is 6. The molecule has 0 bridgehead atoms. The van der Waals surface area contributed by atoms with Gasteiger partial charge in [0, 0.05) is 73.6 Å². The van der Waals surface area contributed by atoms with Crippen molar-refractivity contribution in [1.29, 1.82) is 0 Å². The fourth-order valence-electron chi connectivity index (χ4n) is 8.91. The van der Waals surface area contributed by atoms with E-state index in [2.05, 4.69) is 47.7 Å². The molecular weight excluding hydrogens is 973 g/mol. The predicted molar refractivity (Wildman–Crippen MR) is 282 cm³/mol. The lowest BCUT2D eigenvalue weighted by Crippen LogP contribution is -2.54. The molecule has 0 spiro atoms. The second kappa shape index (κ2) is 24.9. The standard InChI is InChI=1S/C54H62N14O8/c1-33(2)48(65-45(69)12-5-4-6-25-67-46(70)21-22-47(67)71)52(73)62-42(11-8-24-56-53(55)74)51(72)61-39-17-13-35(14-18-39)31-76-54(75)66-26-23-36-27-40(19-15-37(36)29-66)57-28-43-63-49(38-16-20-44-58-32-59-68(44)30-38)50(64-43)41-10-7-9-34(3)60-41/h7,9-10,13-22,27,30,32-33,42,48,57H,4-6,8,11-12,23-26,28-29,31H2,1-3H3,(H,61,72)(H,62,73)(H,63,64)(H,65,69)(H3,55,56,74)/t42-,48?/m0/s1. The summed E-state index contributed by atoms with van der Waals surface area (Å²) in [4.78, 5) is 109. The third-order valence-electron chi connectivity index (χ3n) is 13.0. The quantitative estimate of drug-likeness (QED) is 0.0317. The van der Waals surface area contributed by atoms with Crippen LogP contribution in [0.3, 0.4) is 0 Å². The smallest absolute Gasteiger partial charge is 0.410 e. The maximum absolute atomic E-state index is 13.7. The molecule has 2 aliphatic heterocycles. The van der Waals surface area contributed by atoms with Gasteiger partial charge < -0.3 is 46.9 Å². The van der Waals surface area contributed by atoms with E-state index in [0.29, 0.717) is 63.0 Å². The summed E-state index contributed by atoms with van der Waals surface area (Å²) in [7, 11) is 0. The number of imide groups is 1. The van der Waals surface area contributed by atoms with E-state index in [-0.39, 0.29) is 56.2 Å². The molecule has 22 nitrogen and oxygen atoms in total. The lowest BCUT2D eigenvalue weighted by molar-refractivity contribution is -0.137. The van der Waals surface area contributed by atoms with E-state index in [9.17, 15) is 33.6 Å². The number of aromatic nitrogens is 6. The van der Waals surface area contributed by atoms with Crippen molar-refractivity contribution >= 4 is 58.7 Å². The lowest BCUT2D eigenvalue weighted by Gasteiger charge is -2.28. The molecule has 8 amide bonds. The lowest BCUT2D eigenvalue weighted by atomic mass is 9.99. The van der Waals surface area contributed by atoms with E-state index in [0.717, 1.165) is 61.5 Å². The Hall–Kier alpha value is -8.95. The van der Waals surface area contributed by atoms with Gasteiger partial charge in [0.05, 0.1) is 17.9 Å². The first-order chi connectivity index (χ1) is 36.7. The van der Waals surface area contributed by atoms with Crippen LogP contribution in [0.1, 0.15) is 80.6 Å². The highest BCUT2D eigenvalue weighted by molar-refractivity contribution is 6.12. The van der Waals surface area contributed by atoms with E-state index in [1.165, 1.54) is 18.5 Å². The van der Waals surface area contributed by atoms with Gasteiger partial charge in [-0.2, -0.15) is 5.10 Å². The summed E-state index contributed by atoms with van der Waals surface area (Å²) in [5.74, 6) is -1.73. The third-order valence-corrected chi connectivity index (χ3v) is 13.0. The number of benzene rings is 2. The Morgan fingerprint density at radius 2 is 1.64 bits per heavy atom. The number of carbonyl (C=O) groups excluding carboxylic acids is 7. The van der Waals surface area contributed by atoms with Crippen LogP contribution in [0.5, 0.6) is 0 Å². The summed E-state index contributed by atoms with van der Waals surface area (Å²) in [6.07, 6.45) is 8.25. The molecule has 6 aromatic rings. The topological polar surface area (TPSA) is 293 Å². The first-order valence-electron chi connectivity index (χ1n) is 25.3. The van der Waals surface area contributed by atoms with Crippen molar-refractivity contribution in [2.24, 2.45) is 11.7 Å². The van der Waals surface area contributed by atoms with Crippen LogP contribution in [0.4, 0.5) is 21.0 Å². The van der Waals surface area contributed by atoms with Gasteiger partial charge in [-0.05, 0) is 110 Å². The molecule has 0 aliphatic carbocycles. The van der Waals surface area contributed by atoms with Crippen LogP contribution in [-0.2, 0) is 54.8 Å². The summed E-state index contributed by atoms with van der Waals surface area (Å²) in [6.45, 7) is 7.20. The second-order valence-electron chi connectivity index (χ2n) is 19.1. The highest BCUT2D eigenvalue weighted by Gasteiger charge is 2.30. The number of aryl methyl sites for hydroxylation is 1. The number of H-pyrrole nitrogens is 1. The van der Waals surface area contributed by atoms with E-state index in [1.54, 1.807) is 47.5 Å². The highest BCUT2D eigenvalue weighted by atomic mass is 16.6. The molecule has 4 aromatic heterocycles. The van der Waals surface area contributed by atoms with Gasteiger partial charge in [-0.15, -0.1) is 0 Å². The number of hydrogen-bond acceptors (Lipinski definition) is 13. The number of unbranched alkanes of at least 4 members (excludes halogenated alkanes) is 2. The van der Waals surface area contributed by atoms with Crippen LogP contribution in [0.15, 0.2) is 97.5 Å². The van der Waals surface area contributed by atoms with Gasteiger partial charge in [-0.1, -0.05) is 44.5 Å². The number of primary amides is 1. The van der Waals surface area contributed by atoms with Crippen LogP contribution in [0.2, 0.25) is 0 Å². The predicted octanol–water partition coefficient (Wildman–Crippen LogP) is 5.29. The summed E-state index contributed by atoms with van der Waals surface area (Å²) >= 11 is 0. The molecule has 8 rings (SSSR count). The van der Waals surface area contributed by atoms with Crippen molar-refractivity contribution in [2.75, 3.05) is 30.3 Å². The Labute approximate surface area is 438 Å². The number of urea groups is 1. The molecule has 396 valence electrons.